The van der Waals surface area contributed by atoms with E-state index in [1.54, 1.807) is 31.4 Å². The second kappa shape index (κ2) is 4.46. The summed E-state index contributed by atoms with van der Waals surface area (Å²) in [6.07, 6.45) is 1.41. The molecule has 0 saturated carbocycles. The van der Waals surface area contributed by atoms with E-state index in [0.29, 0.717) is 5.75 Å². The summed E-state index contributed by atoms with van der Waals surface area (Å²) in [5.74, 6) is 0.0844. The van der Waals surface area contributed by atoms with Gasteiger partial charge in [-0.3, -0.25) is 4.79 Å². The summed E-state index contributed by atoms with van der Waals surface area (Å²) in [6, 6.07) is 7.10. The van der Waals surface area contributed by atoms with Gasteiger partial charge in [-0.2, -0.15) is 0 Å². The Balaban J connectivity index is 2.97. The quantitative estimate of drug-likeness (QED) is 0.589. The van der Waals surface area contributed by atoms with E-state index in [1.807, 2.05) is 0 Å². The number of carbonyl (C=O) groups excluding carboxylic acids is 1. The monoisotopic (exact) mass is 192 g/mol. The summed E-state index contributed by atoms with van der Waals surface area (Å²) in [5, 5.41) is 9.21. The third-order valence-electron chi connectivity index (χ3n) is 1.76. The molecule has 0 saturated heterocycles. The molecule has 0 amide bonds. The van der Waals surface area contributed by atoms with Crippen molar-refractivity contribution in [3.05, 3.63) is 35.6 Å². The molecule has 0 atom stereocenters. The molecule has 0 unspecified atom stereocenters. The molecular formula is C11H12O3. The predicted molar refractivity (Wildman–Crippen MR) is 54.3 cm³/mol. The number of allylic oxidation sites excluding steroid dienone is 1. The SMILES string of the molecule is COc1cccc(/C=C(\O)C(C)=O)c1. The van der Waals surface area contributed by atoms with Crippen molar-refractivity contribution in [3.63, 3.8) is 0 Å². The molecule has 14 heavy (non-hydrogen) atoms. The molecule has 3 nitrogen and oxygen atoms in total. The van der Waals surface area contributed by atoms with Crippen LogP contribution in [0.2, 0.25) is 0 Å². The third kappa shape index (κ3) is 2.62. The van der Waals surface area contributed by atoms with Crippen LogP contribution in [0.1, 0.15) is 12.5 Å². The van der Waals surface area contributed by atoms with Crippen LogP contribution in [-0.2, 0) is 4.79 Å². The van der Waals surface area contributed by atoms with Gasteiger partial charge in [0, 0.05) is 6.92 Å². The lowest BCUT2D eigenvalue weighted by molar-refractivity contribution is -0.115. The first-order valence-corrected chi connectivity index (χ1v) is 4.19. The van der Waals surface area contributed by atoms with Crippen LogP contribution in [0.3, 0.4) is 0 Å². The lowest BCUT2D eigenvalue weighted by Gasteiger charge is -2.00. The van der Waals surface area contributed by atoms with Crippen LogP contribution < -0.4 is 4.74 Å². The van der Waals surface area contributed by atoms with Crippen LogP contribution in [0, 0.1) is 0 Å². The average molecular weight is 192 g/mol. The molecule has 1 aromatic carbocycles. The fourth-order valence-electron chi connectivity index (χ4n) is 0.991. The number of hydrogen-bond donors (Lipinski definition) is 1. The maximum absolute atomic E-state index is 10.8. The summed E-state index contributed by atoms with van der Waals surface area (Å²) < 4.78 is 5.00. The van der Waals surface area contributed by atoms with E-state index in [2.05, 4.69) is 0 Å². The Labute approximate surface area is 82.6 Å². The Morgan fingerprint density at radius 3 is 2.79 bits per heavy atom. The van der Waals surface area contributed by atoms with Crippen molar-refractivity contribution in [2.24, 2.45) is 0 Å². The van der Waals surface area contributed by atoms with Crippen molar-refractivity contribution in [2.75, 3.05) is 7.11 Å². The zero-order valence-electron chi connectivity index (χ0n) is 8.15. The maximum atomic E-state index is 10.8. The van der Waals surface area contributed by atoms with Gasteiger partial charge in [-0.05, 0) is 23.8 Å². The second-order valence-electron chi connectivity index (χ2n) is 2.86. The van der Waals surface area contributed by atoms with Crippen molar-refractivity contribution in [1.82, 2.24) is 0 Å². The van der Waals surface area contributed by atoms with E-state index < -0.39 is 0 Å². The number of Topliss-reactive ketones (excluding diaryl/α,β-unsaturated/α-hetero) is 1. The predicted octanol–water partition coefficient (Wildman–Crippen LogP) is 2.18. The summed E-state index contributed by atoms with van der Waals surface area (Å²) in [6.45, 7) is 1.31. The molecule has 74 valence electrons. The van der Waals surface area contributed by atoms with Gasteiger partial charge in [-0.1, -0.05) is 12.1 Å². The van der Waals surface area contributed by atoms with Gasteiger partial charge in [0.15, 0.2) is 11.5 Å². The van der Waals surface area contributed by atoms with Gasteiger partial charge >= 0.3 is 0 Å². The average Bonchev–Trinajstić information content (AvgIpc) is 2.18. The Hall–Kier alpha value is -1.77. The largest absolute Gasteiger partial charge is 0.504 e. The van der Waals surface area contributed by atoms with Gasteiger partial charge in [-0.15, -0.1) is 0 Å². The van der Waals surface area contributed by atoms with Crippen molar-refractivity contribution in [1.29, 1.82) is 0 Å². The number of methoxy groups -OCH3 is 1. The maximum Gasteiger partial charge on any atom is 0.194 e. The smallest absolute Gasteiger partial charge is 0.194 e. The van der Waals surface area contributed by atoms with Crippen LogP contribution in [0.25, 0.3) is 6.08 Å². The topological polar surface area (TPSA) is 46.5 Å². The minimum atomic E-state index is -0.354. The van der Waals surface area contributed by atoms with Gasteiger partial charge in [0.2, 0.25) is 0 Å². The highest BCUT2D eigenvalue weighted by atomic mass is 16.5. The molecule has 0 fully saturated rings. The lowest BCUT2D eigenvalue weighted by Crippen LogP contribution is -1.94. The van der Waals surface area contributed by atoms with Crippen LogP contribution >= 0.6 is 0 Å². The summed E-state index contributed by atoms with van der Waals surface area (Å²) >= 11 is 0. The van der Waals surface area contributed by atoms with Crippen LogP contribution in [0.4, 0.5) is 0 Å². The Kier molecular flexibility index (Phi) is 3.29. The van der Waals surface area contributed by atoms with E-state index in [0.717, 1.165) is 5.56 Å². The number of carbonyl (C=O) groups is 1. The van der Waals surface area contributed by atoms with Crippen molar-refractivity contribution >= 4 is 11.9 Å². The molecule has 0 aliphatic heterocycles. The van der Waals surface area contributed by atoms with Crippen LogP contribution in [0.15, 0.2) is 30.0 Å². The number of aliphatic hydroxyl groups excluding tert-OH is 1. The molecule has 0 heterocycles. The summed E-state index contributed by atoms with van der Waals surface area (Å²) in [5.41, 5.74) is 0.733. The first-order valence-electron chi connectivity index (χ1n) is 4.19. The van der Waals surface area contributed by atoms with Gasteiger partial charge in [0.25, 0.3) is 0 Å². The minimum Gasteiger partial charge on any atom is -0.504 e. The fraction of sp³-hybridized carbons (Fsp3) is 0.182. The zero-order chi connectivity index (χ0) is 10.6. The summed E-state index contributed by atoms with van der Waals surface area (Å²) in [4.78, 5) is 10.8. The first kappa shape index (κ1) is 10.3. The number of ketones is 1. The van der Waals surface area contributed by atoms with Crippen molar-refractivity contribution < 1.29 is 14.6 Å². The van der Waals surface area contributed by atoms with E-state index in [-0.39, 0.29) is 11.5 Å². The first-order chi connectivity index (χ1) is 6.63. The minimum absolute atomic E-state index is 0.252. The normalized spacial score (nSPS) is 11.1. The standard InChI is InChI=1S/C11H12O3/c1-8(12)11(13)7-9-4-3-5-10(6-9)14-2/h3-7,13H,1-2H3/b11-7-. The molecule has 1 rings (SSSR count). The molecular weight excluding hydrogens is 180 g/mol. The van der Waals surface area contributed by atoms with Gasteiger partial charge < -0.3 is 9.84 Å². The number of rotatable bonds is 3. The van der Waals surface area contributed by atoms with E-state index in [9.17, 15) is 9.90 Å². The van der Waals surface area contributed by atoms with Gasteiger partial charge in [0.1, 0.15) is 5.75 Å². The molecule has 0 spiro atoms. The highest BCUT2D eigenvalue weighted by Gasteiger charge is 2.00. The van der Waals surface area contributed by atoms with Crippen molar-refractivity contribution in [3.8, 4) is 5.75 Å². The van der Waals surface area contributed by atoms with Crippen LogP contribution in [0.5, 0.6) is 5.75 Å². The van der Waals surface area contributed by atoms with E-state index >= 15 is 0 Å². The number of aliphatic hydroxyl groups is 1. The number of ether oxygens (including phenoxy) is 1. The van der Waals surface area contributed by atoms with Gasteiger partial charge in [0.05, 0.1) is 7.11 Å². The highest BCUT2D eigenvalue weighted by molar-refractivity contribution is 5.95. The molecule has 3 heteroatoms. The molecule has 1 aromatic rings. The second-order valence-corrected chi connectivity index (χ2v) is 2.86. The Morgan fingerprint density at radius 1 is 1.50 bits per heavy atom. The number of benzene rings is 1. The third-order valence-corrected chi connectivity index (χ3v) is 1.76. The van der Waals surface area contributed by atoms with Crippen LogP contribution in [-0.4, -0.2) is 18.0 Å². The van der Waals surface area contributed by atoms with Crippen molar-refractivity contribution in [2.45, 2.75) is 6.92 Å². The van der Waals surface area contributed by atoms with E-state index in [1.165, 1.54) is 13.0 Å². The Morgan fingerprint density at radius 2 is 2.21 bits per heavy atom. The Bertz CT molecular complexity index is 367. The molecule has 0 bridgehead atoms. The molecule has 1 N–H and O–H groups in total. The zero-order valence-corrected chi connectivity index (χ0v) is 8.15. The van der Waals surface area contributed by atoms with E-state index in [4.69, 9.17) is 4.74 Å². The van der Waals surface area contributed by atoms with Gasteiger partial charge in [-0.25, -0.2) is 0 Å². The molecule has 0 aliphatic rings. The summed E-state index contributed by atoms with van der Waals surface area (Å²) in [7, 11) is 1.56. The highest BCUT2D eigenvalue weighted by Crippen LogP contribution is 2.14. The fourth-order valence-corrected chi connectivity index (χ4v) is 0.991. The molecule has 0 aliphatic carbocycles. The molecule has 0 aromatic heterocycles. The lowest BCUT2D eigenvalue weighted by atomic mass is 10.2. The number of hydrogen-bond acceptors (Lipinski definition) is 3. The molecule has 0 radical (unpaired) electrons.